The lowest BCUT2D eigenvalue weighted by Gasteiger charge is -2.23. The van der Waals surface area contributed by atoms with Crippen LogP contribution in [-0.2, 0) is 0 Å². The minimum Gasteiger partial charge on any atom is -0.356 e. The standard InChI is InChI=1S/C18H20N4O/c1-13-15(12-23)18-19-17(21-10-6-2-3-7-11-21)14-8-4-5-9-16(14)22(18)20-13/h4-5,8-9,12H,2-3,6-7,10-11H2,1H3. The molecule has 0 atom stereocenters. The predicted molar refractivity (Wildman–Crippen MR) is 91.3 cm³/mol. The summed E-state index contributed by atoms with van der Waals surface area (Å²) in [6, 6.07) is 8.19. The lowest BCUT2D eigenvalue weighted by atomic mass is 10.2. The molecule has 1 aromatic carbocycles. The van der Waals surface area contributed by atoms with Gasteiger partial charge in [-0.05, 0) is 31.9 Å². The van der Waals surface area contributed by atoms with Crippen molar-refractivity contribution >= 4 is 28.7 Å². The van der Waals surface area contributed by atoms with Crippen molar-refractivity contribution in [1.29, 1.82) is 0 Å². The van der Waals surface area contributed by atoms with E-state index in [4.69, 9.17) is 4.98 Å². The molecule has 1 fully saturated rings. The van der Waals surface area contributed by atoms with Crippen LogP contribution in [0.15, 0.2) is 24.3 Å². The molecular formula is C18H20N4O. The van der Waals surface area contributed by atoms with Gasteiger partial charge in [0.1, 0.15) is 5.82 Å². The monoisotopic (exact) mass is 308 g/mol. The molecule has 0 bridgehead atoms. The summed E-state index contributed by atoms with van der Waals surface area (Å²) < 4.78 is 1.80. The lowest BCUT2D eigenvalue weighted by molar-refractivity contribution is 0.112. The Morgan fingerprint density at radius 2 is 1.83 bits per heavy atom. The Labute approximate surface area is 134 Å². The van der Waals surface area contributed by atoms with Crippen LogP contribution in [0.2, 0.25) is 0 Å². The number of carbonyl (C=O) groups is 1. The molecule has 5 heteroatoms. The highest BCUT2D eigenvalue weighted by atomic mass is 16.1. The van der Waals surface area contributed by atoms with Gasteiger partial charge in [-0.1, -0.05) is 25.0 Å². The highest BCUT2D eigenvalue weighted by molar-refractivity contribution is 5.95. The molecule has 23 heavy (non-hydrogen) atoms. The molecule has 0 amide bonds. The molecule has 0 unspecified atom stereocenters. The van der Waals surface area contributed by atoms with E-state index in [-0.39, 0.29) is 0 Å². The van der Waals surface area contributed by atoms with E-state index in [1.807, 2.05) is 25.1 Å². The van der Waals surface area contributed by atoms with Crippen LogP contribution in [-0.4, -0.2) is 34.0 Å². The first-order valence-electron chi connectivity index (χ1n) is 8.28. The van der Waals surface area contributed by atoms with Gasteiger partial charge < -0.3 is 4.90 Å². The SMILES string of the molecule is Cc1nn2c(nc(N3CCCCCC3)c3ccccc32)c1C=O. The zero-order chi connectivity index (χ0) is 15.8. The molecule has 1 saturated heterocycles. The van der Waals surface area contributed by atoms with Crippen LogP contribution in [0.25, 0.3) is 16.6 Å². The number of aldehydes is 1. The second-order valence-electron chi connectivity index (χ2n) is 6.21. The number of nitrogens with zero attached hydrogens (tertiary/aromatic N) is 4. The smallest absolute Gasteiger partial charge is 0.168 e. The number of aryl methyl sites for hydroxylation is 1. The summed E-state index contributed by atoms with van der Waals surface area (Å²) in [6.07, 6.45) is 5.82. The highest BCUT2D eigenvalue weighted by Gasteiger charge is 2.19. The Balaban J connectivity index is 2.02. The first kappa shape index (κ1) is 14.2. The van der Waals surface area contributed by atoms with Gasteiger partial charge in [-0.25, -0.2) is 9.50 Å². The van der Waals surface area contributed by atoms with Crippen LogP contribution in [0.3, 0.4) is 0 Å². The van der Waals surface area contributed by atoms with Crippen LogP contribution in [0.1, 0.15) is 41.7 Å². The first-order chi connectivity index (χ1) is 11.3. The van der Waals surface area contributed by atoms with Crippen molar-refractivity contribution < 1.29 is 4.79 Å². The van der Waals surface area contributed by atoms with Gasteiger partial charge >= 0.3 is 0 Å². The molecule has 0 spiro atoms. The van der Waals surface area contributed by atoms with Crippen LogP contribution in [0.4, 0.5) is 5.82 Å². The molecule has 3 heterocycles. The van der Waals surface area contributed by atoms with E-state index in [2.05, 4.69) is 16.1 Å². The fourth-order valence-corrected chi connectivity index (χ4v) is 3.47. The minimum absolute atomic E-state index is 0.590. The maximum absolute atomic E-state index is 11.5. The minimum atomic E-state index is 0.590. The normalized spacial score (nSPS) is 16.0. The summed E-state index contributed by atoms with van der Waals surface area (Å²) in [5.74, 6) is 0.984. The van der Waals surface area contributed by atoms with Gasteiger partial charge in [0.2, 0.25) is 0 Å². The van der Waals surface area contributed by atoms with Gasteiger partial charge in [-0.15, -0.1) is 0 Å². The van der Waals surface area contributed by atoms with E-state index in [9.17, 15) is 4.79 Å². The number of aromatic nitrogens is 3. The van der Waals surface area contributed by atoms with E-state index in [1.165, 1.54) is 25.7 Å². The second-order valence-corrected chi connectivity index (χ2v) is 6.21. The number of para-hydroxylation sites is 1. The average Bonchev–Trinajstić information content (AvgIpc) is 2.75. The fourth-order valence-electron chi connectivity index (χ4n) is 3.47. The summed E-state index contributed by atoms with van der Waals surface area (Å²) in [4.78, 5) is 18.7. The number of benzene rings is 1. The topological polar surface area (TPSA) is 50.5 Å². The first-order valence-corrected chi connectivity index (χ1v) is 8.28. The largest absolute Gasteiger partial charge is 0.356 e. The lowest BCUT2D eigenvalue weighted by Crippen LogP contribution is -2.25. The van der Waals surface area contributed by atoms with Crippen molar-refractivity contribution in [2.45, 2.75) is 32.6 Å². The second kappa shape index (κ2) is 5.65. The van der Waals surface area contributed by atoms with E-state index >= 15 is 0 Å². The van der Waals surface area contributed by atoms with Crippen LogP contribution >= 0.6 is 0 Å². The molecule has 118 valence electrons. The van der Waals surface area contributed by atoms with Gasteiger partial charge in [-0.2, -0.15) is 5.10 Å². The van der Waals surface area contributed by atoms with Gasteiger partial charge in [0.25, 0.3) is 0 Å². The Morgan fingerprint density at radius 3 is 2.57 bits per heavy atom. The van der Waals surface area contributed by atoms with Gasteiger partial charge in [-0.3, -0.25) is 4.79 Å². The summed E-state index contributed by atoms with van der Waals surface area (Å²) in [5, 5.41) is 5.62. The summed E-state index contributed by atoms with van der Waals surface area (Å²) >= 11 is 0. The van der Waals surface area contributed by atoms with E-state index < -0.39 is 0 Å². The number of hydrogen-bond donors (Lipinski definition) is 0. The maximum Gasteiger partial charge on any atom is 0.168 e. The summed E-state index contributed by atoms with van der Waals surface area (Å²) in [5.41, 5.74) is 2.99. The Morgan fingerprint density at radius 1 is 1.09 bits per heavy atom. The van der Waals surface area contributed by atoms with Gasteiger partial charge in [0, 0.05) is 18.5 Å². The third kappa shape index (κ3) is 2.27. The zero-order valence-electron chi connectivity index (χ0n) is 13.3. The van der Waals surface area contributed by atoms with E-state index in [0.717, 1.165) is 41.8 Å². The van der Waals surface area contributed by atoms with E-state index in [0.29, 0.717) is 11.2 Å². The van der Waals surface area contributed by atoms with Crippen molar-refractivity contribution in [2.75, 3.05) is 18.0 Å². The van der Waals surface area contributed by atoms with Crippen LogP contribution in [0.5, 0.6) is 0 Å². The molecule has 0 radical (unpaired) electrons. The Bertz CT molecular complexity index is 875. The third-order valence-corrected chi connectivity index (χ3v) is 4.69. The summed E-state index contributed by atoms with van der Waals surface area (Å²) in [7, 11) is 0. The van der Waals surface area contributed by atoms with Gasteiger partial charge in [0.15, 0.2) is 11.9 Å². The van der Waals surface area contributed by atoms with Crippen molar-refractivity contribution in [3.05, 3.63) is 35.5 Å². The number of fused-ring (bicyclic) bond motifs is 3. The van der Waals surface area contributed by atoms with E-state index in [1.54, 1.807) is 4.52 Å². The molecule has 0 aliphatic carbocycles. The molecule has 1 aliphatic rings. The molecule has 4 rings (SSSR count). The number of anilines is 1. The molecule has 5 nitrogen and oxygen atoms in total. The predicted octanol–water partition coefficient (Wildman–Crippen LogP) is 3.38. The van der Waals surface area contributed by atoms with Gasteiger partial charge in [0.05, 0.1) is 16.8 Å². The van der Waals surface area contributed by atoms with Crippen LogP contribution in [0, 0.1) is 6.92 Å². The molecule has 3 aromatic rings. The average molecular weight is 308 g/mol. The van der Waals surface area contributed by atoms with Crippen molar-refractivity contribution in [3.8, 4) is 0 Å². The number of carbonyl (C=O) groups excluding carboxylic acids is 1. The molecule has 1 aliphatic heterocycles. The van der Waals surface area contributed by atoms with Crippen molar-refractivity contribution in [1.82, 2.24) is 14.6 Å². The molecule has 0 N–H and O–H groups in total. The Hall–Kier alpha value is -2.43. The number of rotatable bonds is 2. The Kier molecular flexibility index (Phi) is 3.48. The molecule has 0 saturated carbocycles. The fraction of sp³-hybridized carbons (Fsp3) is 0.389. The zero-order valence-corrected chi connectivity index (χ0v) is 13.3. The maximum atomic E-state index is 11.5. The van der Waals surface area contributed by atoms with Crippen LogP contribution < -0.4 is 4.90 Å². The van der Waals surface area contributed by atoms with Crippen molar-refractivity contribution in [3.63, 3.8) is 0 Å². The summed E-state index contributed by atoms with van der Waals surface area (Å²) in [6.45, 7) is 3.91. The molecular weight excluding hydrogens is 288 g/mol. The highest BCUT2D eigenvalue weighted by Crippen LogP contribution is 2.29. The number of hydrogen-bond acceptors (Lipinski definition) is 4. The molecule has 2 aromatic heterocycles. The third-order valence-electron chi connectivity index (χ3n) is 4.69. The quantitative estimate of drug-likeness (QED) is 0.681. The van der Waals surface area contributed by atoms with Crippen molar-refractivity contribution in [2.24, 2.45) is 0 Å².